The highest BCUT2D eigenvalue weighted by molar-refractivity contribution is 7.98. The van der Waals surface area contributed by atoms with Gasteiger partial charge < -0.3 is 5.32 Å². The minimum Gasteiger partial charge on any atom is -0.380 e. The van der Waals surface area contributed by atoms with Crippen molar-refractivity contribution in [3.8, 4) is 6.07 Å². The van der Waals surface area contributed by atoms with Crippen molar-refractivity contribution in [3.05, 3.63) is 28.8 Å². The fourth-order valence-electron chi connectivity index (χ4n) is 1.44. The molecule has 2 nitrogen and oxygen atoms in total. The second-order valence-electron chi connectivity index (χ2n) is 3.48. The van der Waals surface area contributed by atoms with Crippen molar-refractivity contribution in [2.75, 3.05) is 17.3 Å². The van der Waals surface area contributed by atoms with Gasteiger partial charge in [0.05, 0.1) is 16.3 Å². The Kier molecular flexibility index (Phi) is 5.51. The molecular formula is C12H15ClN2S. The number of nitrogens with one attached hydrogen (secondary N) is 1. The number of hydrogen-bond donors (Lipinski definition) is 1. The molecule has 1 aromatic carbocycles. The Morgan fingerprint density at radius 2 is 2.31 bits per heavy atom. The van der Waals surface area contributed by atoms with Gasteiger partial charge in [0.1, 0.15) is 6.07 Å². The summed E-state index contributed by atoms with van der Waals surface area (Å²) >= 11 is 7.76. The second kappa shape index (κ2) is 6.67. The van der Waals surface area contributed by atoms with Crippen molar-refractivity contribution < 1.29 is 0 Å². The number of hydrogen-bond acceptors (Lipinski definition) is 3. The van der Waals surface area contributed by atoms with Crippen molar-refractivity contribution >= 4 is 29.1 Å². The highest BCUT2D eigenvalue weighted by Crippen LogP contribution is 2.24. The molecule has 1 atom stereocenters. The summed E-state index contributed by atoms with van der Waals surface area (Å²) in [5, 5.41) is 12.9. The lowest BCUT2D eigenvalue weighted by Crippen LogP contribution is -2.21. The van der Waals surface area contributed by atoms with Crippen molar-refractivity contribution in [1.82, 2.24) is 0 Å². The molecule has 0 saturated carbocycles. The quantitative estimate of drug-likeness (QED) is 0.869. The SMILES string of the molecule is CCC(CSC)Nc1cccc(Cl)c1C#N. The summed E-state index contributed by atoms with van der Waals surface area (Å²) in [6.45, 7) is 2.13. The number of thioether (sulfide) groups is 1. The molecule has 0 aliphatic heterocycles. The Balaban J connectivity index is 2.88. The summed E-state index contributed by atoms with van der Waals surface area (Å²) in [6.07, 6.45) is 3.10. The van der Waals surface area contributed by atoms with Gasteiger partial charge in [-0.3, -0.25) is 0 Å². The molecule has 0 aliphatic carbocycles. The van der Waals surface area contributed by atoms with E-state index in [1.54, 1.807) is 17.8 Å². The van der Waals surface area contributed by atoms with Crippen LogP contribution >= 0.6 is 23.4 Å². The van der Waals surface area contributed by atoms with Crippen LogP contribution in [0.5, 0.6) is 0 Å². The Labute approximate surface area is 106 Å². The summed E-state index contributed by atoms with van der Waals surface area (Å²) in [5.74, 6) is 1.02. The zero-order valence-corrected chi connectivity index (χ0v) is 11.0. The molecule has 0 fully saturated rings. The highest BCUT2D eigenvalue weighted by Gasteiger charge is 2.10. The van der Waals surface area contributed by atoms with E-state index in [2.05, 4.69) is 24.6 Å². The first-order valence-electron chi connectivity index (χ1n) is 5.17. The maximum atomic E-state index is 9.04. The molecule has 1 unspecified atom stereocenters. The Morgan fingerprint density at radius 3 is 2.88 bits per heavy atom. The predicted octanol–water partition coefficient (Wildman–Crippen LogP) is 3.77. The lowest BCUT2D eigenvalue weighted by atomic mass is 10.1. The summed E-state index contributed by atoms with van der Waals surface area (Å²) in [6, 6.07) is 8.00. The van der Waals surface area contributed by atoms with Crippen LogP contribution in [0.4, 0.5) is 5.69 Å². The lowest BCUT2D eigenvalue weighted by molar-refractivity contribution is 0.774. The molecule has 0 aromatic heterocycles. The van der Waals surface area contributed by atoms with Gasteiger partial charge in [0, 0.05) is 11.8 Å². The van der Waals surface area contributed by atoms with Crippen LogP contribution in [-0.4, -0.2) is 18.1 Å². The third-order valence-electron chi connectivity index (χ3n) is 2.35. The Morgan fingerprint density at radius 1 is 1.56 bits per heavy atom. The maximum absolute atomic E-state index is 9.04. The van der Waals surface area contributed by atoms with E-state index < -0.39 is 0 Å². The van der Waals surface area contributed by atoms with Gasteiger partial charge >= 0.3 is 0 Å². The molecule has 1 rings (SSSR count). The molecule has 0 amide bonds. The molecule has 1 aromatic rings. The van der Waals surface area contributed by atoms with Crippen LogP contribution in [0.1, 0.15) is 18.9 Å². The largest absolute Gasteiger partial charge is 0.380 e. The van der Waals surface area contributed by atoms with Gasteiger partial charge in [-0.1, -0.05) is 24.6 Å². The number of halogens is 1. The van der Waals surface area contributed by atoms with Crippen LogP contribution in [0.3, 0.4) is 0 Å². The molecule has 16 heavy (non-hydrogen) atoms. The van der Waals surface area contributed by atoms with Crippen LogP contribution in [0.15, 0.2) is 18.2 Å². The third-order valence-corrected chi connectivity index (χ3v) is 3.40. The van der Waals surface area contributed by atoms with Crippen LogP contribution in [0.25, 0.3) is 0 Å². The average molecular weight is 255 g/mol. The van der Waals surface area contributed by atoms with E-state index in [0.717, 1.165) is 17.9 Å². The summed E-state index contributed by atoms with van der Waals surface area (Å²) < 4.78 is 0. The topological polar surface area (TPSA) is 35.8 Å². The van der Waals surface area contributed by atoms with E-state index in [-0.39, 0.29) is 0 Å². The van der Waals surface area contributed by atoms with Crippen molar-refractivity contribution in [2.45, 2.75) is 19.4 Å². The molecule has 0 aliphatic rings. The summed E-state index contributed by atoms with van der Waals surface area (Å²) in [5.41, 5.74) is 1.36. The molecular weight excluding hydrogens is 240 g/mol. The summed E-state index contributed by atoms with van der Waals surface area (Å²) in [7, 11) is 0. The smallest absolute Gasteiger partial charge is 0.103 e. The normalized spacial score (nSPS) is 11.9. The molecule has 4 heteroatoms. The van der Waals surface area contributed by atoms with E-state index in [0.29, 0.717) is 16.6 Å². The second-order valence-corrected chi connectivity index (χ2v) is 4.80. The van der Waals surface area contributed by atoms with Gasteiger partial charge in [0.2, 0.25) is 0 Å². The van der Waals surface area contributed by atoms with Crippen LogP contribution in [-0.2, 0) is 0 Å². The van der Waals surface area contributed by atoms with Crippen molar-refractivity contribution in [1.29, 1.82) is 5.26 Å². The summed E-state index contributed by atoms with van der Waals surface area (Å²) in [4.78, 5) is 0. The van der Waals surface area contributed by atoms with E-state index >= 15 is 0 Å². The zero-order chi connectivity index (χ0) is 12.0. The van der Waals surface area contributed by atoms with Gasteiger partial charge in [0.15, 0.2) is 0 Å². The molecule has 0 radical (unpaired) electrons. The maximum Gasteiger partial charge on any atom is 0.103 e. The zero-order valence-electron chi connectivity index (χ0n) is 9.46. The Hall–Kier alpha value is -0.850. The standard InChI is InChI=1S/C12H15ClN2S/c1-3-9(8-16-2)15-12-6-4-5-11(13)10(12)7-14/h4-6,9,15H,3,8H2,1-2H3. The predicted molar refractivity (Wildman–Crippen MR) is 72.3 cm³/mol. The molecule has 1 N–H and O–H groups in total. The number of nitriles is 1. The van der Waals surface area contributed by atoms with Gasteiger partial charge in [-0.05, 0) is 24.8 Å². The average Bonchev–Trinajstić information content (AvgIpc) is 2.28. The number of nitrogens with zero attached hydrogens (tertiary/aromatic N) is 1. The number of anilines is 1. The number of rotatable bonds is 5. The molecule has 0 spiro atoms. The van der Waals surface area contributed by atoms with Gasteiger partial charge in [-0.2, -0.15) is 17.0 Å². The van der Waals surface area contributed by atoms with Crippen LogP contribution < -0.4 is 5.32 Å². The first-order valence-corrected chi connectivity index (χ1v) is 6.94. The third kappa shape index (κ3) is 3.33. The van der Waals surface area contributed by atoms with Gasteiger partial charge in [-0.25, -0.2) is 0 Å². The molecule has 0 heterocycles. The van der Waals surface area contributed by atoms with E-state index in [9.17, 15) is 0 Å². The molecule has 0 saturated heterocycles. The molecule has 0 bridgehead atoms. The lowest BCUT2D eigenvalue weighted by Gasteiger charge is -2.18. The highest BCUT2D eigenvalue weighted by atomic mass is 35.5. The minimum absolute atomic E-state index is 0.376. The fraction of sp³-hybridized carbons (Fsp3) is 0.417. The van der Waals surface area contributed by atoms with Gasteiger partial charge in [-0.15, -0.1) is 0 Å². The monoisotopic (exact) mass is 254 g/mol. The fourth-order valence-corrected chi connectivity index (χ4v) is 2.38. The van der Waals surface area contributed by atoms with Crippen molar-refractivity contribution in [3.63, 3.8) is 0 Å². The minimum atomic E-state index is 0.376. The Bertz CT molecular complexity index is 387. The first-order chi connectivity index (χ1) is 7.72. The van der Waals surface area contributed by atoms with Gasteiger partial charge in [0.25, 0.3) is 0 Å². The molecule has 86 valence electrons. The van der Waals surface area contributed by atoms with E-state index in [4.69, 9.17) is 16.9 Å². The van der Waals surface area contributed by atoms with E-state index in [1.165, 1.54) is 0 Å². The van der Waals surface area contributed by atoms with Crippen LogP contribution in [0.2, 0.25) is 5.02 Å². The first kappa shape index (κ1) is 13.2. The van der Waals surface area contributed by atoms with Crippen LogP contribution in [0, 0.1) is 11.3 Å². The number of benzene rings is 1. The van der Waals surface area contributed by atoms with E-state index in [1.807, 2.05) is 12.1 Å². The van der Waals surface area contributed by atoms with Crippen molar-refractivity contribution in [2.24, 2.45) is 0 Å².